The standard InChI is InChI=1S/C5H10FNS/c1-8-4-7-2-5(6)3-7/h5H,2-4H2,1H3. The predicted octanol–water partition coefficient (Wildman–Crippen LogP) is 0.961. The van der Waals surface area contributed by atoms with E-state index in [0.717, 1.165) is 5.88 Å². The first-order valence-electron chi connectivity index (χ1n) is 2.68. The summed E-state index contributed by atoms with van der Waals surface area (Å²) in [5.74, 6) is 0.987. The molecule has 0 aromatic heterocycles. The van der Waals surface area contributed by atoms with Crippen molar-refractivity contribution >= 4 is 11.8 Å². The van der Waals surface area contributed by atoms with Gasteiger partial charge in [-0.1, -0.05) is 0 Å². The molecule has 0 radical (unpaired) electrons. The highest BCUT2D eigenvalue weighted by atomic mass is 32.2. The second kappa shape index (κ2) is 2.69. The van der Waals surface area contributed by atoms with Crippen molar-refractivity contribution in [1.82, 2.24) is 4.90 Å². The maximum absolute atomic E-state index is 12.0. The summed E-state index contributed by atoms with van der Waals surface area (Å²) >= 11 is 1.75. The van der Waals surface area contributed by atoms with Gasteiger partial charge in [0.15, 0.2) is 0 Å². The van der Waals surface area contributed by atoms with Crippen LogP contribution in [0, 0.1) is 0 Å². The lowest BCUT2D eigenvalue weighted by Gasteiger charge is -2.33. The summed E-state index contributed by atoms with van der Waals surface area (Å²) in [6, 6.07) is 0. The summed E-state index contributed by atoms with van der Waals surface area (Å²) in [6.45, 7) is 1.31. The van der Waals surface area contributed by atoms with Gasteiger partial charge in [0.2, 0.25) is 0 Å². The van der Waals surface area contributed by atoms with E-state index in [9.17, 15) is 4.39 Å². The van der Waals surface area contributed by atoms with E-state index in [1.807, 2.05) is 6.26 Å². The second-order valence-corrected chi connectivity index (χ2v) is 2.89. The molecule has 1 fully saturated rings. The Hall–Kier alpha value is 0.240. The molecule has 0 amide bonds. The molecule has 1 heterocycles. The van der Waals surface area contributed by atoms with Gasteiger partial charge in [-0.15, -0.1) is 11.8 Å². The average Bonchev–Trinajstić information content (AvgIpc) is 1.64. The predicted molar refractivity (Wildman–Crippen MR) is 34.9 cm³/mol. The summed E-state index contributed by atoms with van der Waals surface area (Å²) in [7, 11) is 0. The van der Waals surface area contributed by atoms with Crippen LogP contribution in [0.4, 0.5) is 4.39 Å². The molecule has 48 valence electrons. The zero-order chi connectivity index (χ0) is 5.98. The molecule has 0 atom stereocenters. The smallest absolute Gasteiger partial charge is 0.125 e. The van der Waals surface area contributed by atoms with Crippen LogP contribution >= 0.6 is 11.8 Å². The van der Waals surface area contributed by atoms with Crippen LogP contribution in [-0.4, -0.2) is 36.3 Å². The van der Waals surface area contributed by atoms with Crippen molar-refractivity contribution in [3.05, 3.63) is 0 Å². The SMILES string of the molecule is CSCN1CC(F)C1. The van der Waals surface area contributed by atoms with E-state index in [0.29, 0.717) is 13.1 Å². The van der Waals surface area contributed by atoms with Gasteiger partial charge in [0.05, 0.1) is 0 Å². The molecule has 0 bridgehead atoms. The summed E-state index contributed by atoms with van der Waals surface area (Å²) in [5.41, 5.74) is 0. The van der Waals surface area contributed by atoms with Gasteiger partial charge in [0.25, 0.3) is 0 Å². The molecule has 1 aliphatic heterocycles. The topological polar surface area (TPSA) is 3.24 Å². The van der Waals surface area contributed by atoms with Crippen LogP contribution in [-0.2, 0) is 0 Å². The highest BCUT2D eigenvalue weighted by Crippen LogP contribution is 2.12. The maximum atomic E-state index is 12.0. The van der Waals surface area contributed by atoms with E-state index < -0.39 is 6.17 Å². The largest absolute Gasteiger partial charge is 0.288 e. The normalized spacial score (nSPS) is 23.2. The van der Waals surface area contributed by atoms with Crippen molar-refractivity contribution in [3.63, 3.8) is 0 Å². The van der Waals surface area contributed by atoms with E-state index in [2.05, 4.69) is 4.90 Å². The Balaban J connectivity index is 1.98. The quantitative estimate of drug-likeness (QED) is 0.555. The fourth-order valence-corrected chi connectivity index (χ4v) is 1.37. The minimum Gasteiger partial charge on any atom is -0.288 e. The molecule has 0 unspecified atom stereocenters. The monoisotopic (exact) mass is 135 g/mol. The Labute approximate surface area is 53.2 Å². The van der Waals surface area contributed by atoms with Crippen LogP contribution in [0.3, 0.4) is 0 Å². The molecule has 0 aromatic carbocycles. The maximum Gasteiger partial charge on any atom is 0.125 e. The Kier molecular flexibility index (Phi) is 2.14. The van der Waals surface area contributed by atoms with Crippen molar-refractivity contribution < 1.29 is 4.39 Å². The molecule has 1 saturated heterocycles. The minimum absolute atomic E-state index is 0.540. The van der Waals surface area contributed by atoms with Crippen molar-refractivity contribution in [1.29, 1.82) is 0 Å². The van der Waals surface area contributed by atoms with Gasteiger partial charge in [-0.3, -0.25) is 4.90 Å². The summed E-state index contributed by atoms with van der Waals surface area (Å²) in [4.78, 5) is 2.09. The first-order valence-corrected chi connectivity index (χ1v) is 4.07. The first kappa shape index (κ1) is 6.36. The van der Waals surface area contributed by atoms with Crippen LogP contribution in [0.2, 0.25) is 0 Å². The summed E-state index contributed by atoms with van der Waals surface area (Å²) < 4.78 is 12.0. The molecule has 0 aliphatic carbocycles. The molecule has 1 aliphatic rings. The molecule has 1 nitrogen and oxygen atoms in total. The highest BCUT2D eigenvalue weighted by Gasteiger charge is 2.24. The molecule has 8 heavy (non-hydrogen) atoms. The lowest BCUT2D eigenvalue weighted by Crippen LogP contribution is -2.47. The number of alkyl halides is 1. The van der Waals surface area contributed by atoms with Gasteiger partial charge in [-0.05, 0) is 6.26 Å². The number of likely N-dealkylation sites (tertiary alicyclic amines) is 1. The summed E-state index contributed by atoms with van der Waals surface area (Å²) in [6.07, 6.45) is 1.49. The van der Waals surface area contributed by atoms with Gasteiger partial charge < -0.3 is 0 Å². The number of thioether (sulfide) groups is 1. The molecule has 0 aromatic rings. The Morgan fingerprint density at radius 3 is 2.75 bits per heavy atom. The number of rotatable bonds is 2. The minimum atomic E-state index is -0.540. The first-order chi connectivity index (χ1) is 3.83. The zero-order valence-electron chi connectivity index (χ0n) is 4.93. The van der Waals surface area contributed by atoms with Crippen molar-refractivity contribution in [2.24, 2.45) is 0 Å². The number of nitrogens with zero attached hydrogens (tertiary/aromatic N) is 1. The van der Waals surface area contributed by atoms with Gasteiger partial charge >= 0.3 is 0 Å². The fraction of sp³-hybridized carbons (Fsp3) is 1.00. The van der Waals surface area contributed by atoms with Gasteiger partial charge in [-0.25, -0.2) is 4.39 Å². The Morgan fingerprint density at radius 2 is 2.38 bits per heavy atom. The highest BCUT2D eigenvalue weighted by molar-refractivity contribution is 7.98. The van der Waals surface area contributed by atoms with Crippen molar-refractivity contribution in [2.75, 3.05) is 25.2 Å². The summed E-state index contributed by atoms with van der Waals surface area (Å²) in [5, 5.41) is 0. The molecule has 0 N–H and O–H groups in total. The number of halogens is 1. The molecule has 0 spiro atoms. The van der Waals surface area contributed by atoms with Crippen LogP contribution in [0.1, 0.15) is 0 Å². The van der Waals surface area contributed by atoms with Crippen LogP contribution in [0.25, 0.3) is 0 Å². The zero-order valence-corrected chi connectivity index (χ0v) is 5.75. The lowest BCUT2D eigenvalue weighted by molar-refractivity contribution is 0.0854. The lowest BCUT2D eigenvalue weighted by atomic mass is 10.2. The van der Waals surface area contributed by atoms with Crippen molar-refractivity contribution in [3.8, 4) is 0 Å². The third-order valence-electron chi connectivity index (χ3n) is 1.22. The number of hydrogen-bond donors (Lipinski definition) is 0. The molecular weight excluding hydrogens is 125 g/mol. The third-order valence-corrected chi connectivity index (χ3v) is 1.85. The van der Waals surface area contributed by atoms with Crippen LogP contribution < -0.4 is 0 Å². The second-order valence-electron chi connectivity index (χ2n) is 2.05. The molecule has 3 heteroatoms. The Bertz CT molecular complexity index is 70.1. The van der Waals surface area contributed by atoms with E-state index in [1.54, 1.807) is 11.8 Å². The van der Waals surface area contributed by atoms with E-state index in [-0.39, 0.29) is 0 Å². The fourth-order valence-electron chi connectivity index (χ4n) is 0.795. The molecule has 0 saturated carbocycles. The van der Waals surface area contributed by atoms with E-state index >= 15 is 0 Å². The van der Waals surface area contributed by atoms with Gasteiger partial charge in [0, 0.05) is 19.0 Å². The average molecular weight is 135 g/mol. The number of hydrogen-bond acceptors (Lipinski definition) is 2. The van der Waals surface area contributed by atoms with Crippen LogP contribution in [0.15, 0.2) is 0 Å². The van der Waals surface area contributed by atoms with Crippen LogP contribution in [0.5, 0.6) is 0 Å². The van der Waals surface area contributed by atoms with Gasteiger partial charge in [0.1, 0.15) is 6.17 Å². The van der Waals surface area contributed by atoms with Crippen molar-refractivity contribution in [2.45, 2.75) is 6.17 Å². The molecular formula is C5H10FNS. The third kappa shape index (κ3) is 1.36. The molecule has 1 rings (SSSR count). The van der Waals surface area contributed by atoms with E-state index in [4.69, 9.17) is 0 Å². The Morgan fingerprint density at radius 1 is 1.75 bits per heavy atom. The van der Waals surface area contributed by atoms with Gasteiger partial charge in [-0.2, -0.15) is 0 Å². The van der Waals surface area contributed by atoms with E-state index in [1.165, 1.54) is 0 Å².